The number of hydrogen-bond donors (Lipinski definition) is 0. The van der Waals surface area contributed by atoms with Crippen molar-refractivity contribution >= 4 is 5.82 Å². The maximum Gasteiger partial charge on any atom is 0.352 e. The van der Waals surface area contributed by atoms with Crippen LogP contribution < -0.4 is 15.3 Å². The minimum atomic E-state index is -2.70. The smallest absolute Gasteiger partial charge is 0.352 e. The first-order chi connectivity index (χ1) is 11.5. The summed E-state index contributed by atoms with van der Waals surface area (Å²) < 4.78 is 49.6. The summed E-state index contributed by atoms with van der Waals surface area (Å²) >= 11 is 0. The summed E-state index contributed by atoms with van der Waals surface area (Å²) in [5, 5.41) is 0. The van der Waals surface area contributed by atoms with Crippen LogP contribution in [0.25, 0.3) is 0 Å². The first-order valence-corrected chi connectivity index (χ1v) is 7.02. The van der Waals surface area contributed by atoms with Gasteiger partial charge in [-0.15, -0.1) is 0 Å². The zero-order valence-electron chi connectivity index (χ0n) is 14.9. The van der Waals surface area contributed by atoms with Gasteiger partial charge in [0.05, 0.1) is 14.8 Å². The molecule has 0 radical (unpaired) electrons. The predicted octanol–water partition coefficient (Wildman–Crippen LogP) is 2.33. The highest BCUT2D eigenvalue weighted by Crippen LogP contribution is 2.31. The van der Waals surface area contributed by atoms with Crippen molar-refractivity contribution in [2.24, 2.45) is 0 Å². The monoisotopic (exact) mass is 323 g/mol. The maximum atomic E-state index is 13.9. The Morgan fingerprint density at radius 1 is 1.43 bits per heavy atom. The fraction of sp³-hybridized carbons (Fsp3) is 0.375. The summed E-state index contributed by atoms with van der Waals surface area (Å²) in [6.45, 7) is 1.62. The van der Waals surface area contributed by atoms with Gasteiger partial charge in [-0.3, -0.25) is 4.57 Å². The predicted molar refractivity (Wildman–Crippen MR) is 81.7 cm³/mol. The second-order valence-corrected chi connectivity index (χ2v) is 6.00. The van der Waals surface area contributed by atoms with Crippen LogP contribution in [-0.2, 0) is 13.1 Å². The Morgan fingerprint density at radius 2 is 2.17 bits per heavy atom. The normalized spacial score (nSPS) is 17.5. The molecule has 0 N–H and O–H groups in total. The molecule has 0 saturated carbocycles. The SMILES string of the molecule is [2H]C([2H])(Oc1cc2n(c(=O)n1)CC(C)(C)N2C)c1cccc(F)c1F. The lowest BCUT2D eigenvalue weighted by atomic mass is 10.1. The Balaban J connectivity index is 2.00. The molecule has 0 aliphatic carbocycles. The molecule has 2 heterocycles. The molecule has 1 aromatic carbocycles. The van der Waals surface area contributed by atoms with Gasteiger partial charge in [-0.25, -0.2) is 13.6 Å². The fourth-order valence-corrected chi connectivity index (χ4v) is 2.45. The number of anilines is 1. The Kier molecular flexibility index (Phi) is 3.02. The number of rotatable bonds is 3. The van der Waals surface area contributed by atoms with Crippen LogP contribution in [-0.4, -0.2) is 22.1 Å². The van der Waals surface area contributed by atoms with Gasteiger partial charge >= 0.3 is 5.69 Å². The maximum absolute atomic E-state index is 13.9. The van der Waals surface area contributed by atoms with E-state index in [1.807, 2.05) is 18.7 Å². The number of likely N-dealkylation sites (N-methyl/N-ethyl adjacent to an activating group) is 1. The van der Waals surface area contributed by atoms with Gasteiger partial charge in [-0.1, -0.05) is 12.1 Å². The lowest BCUT2D eigenvalue weighted by molar-refractivity contribution is 0.283. The number of benzene rings is 1. The zero-order valence-corrected chi connectivity index (χ0v) is 12.9. The number of halogens is 2. The first-order valence-electron chi connectivity index (χ1n) is 8.02. The number of hydrogen-bond acceptors (Lipinski definition) is 4. The Hall–Kier alpha value is -2.44. The van der Waals surface area contributed by atoms with Gasteiger partial charge in [-0.05, 0) is 19.9 Å². The van der Waals surface area contributed by atoms with Crippen LogP contribution in [0.5, 0.6) is 5.88 Å². The van der Waals surface area contributed by atoms with E-state index in [2.05, 4.69) is 4.98 Å². The fourth-order valence-electron chi connectivity index (χ4n) is 2.45. The molecule has 23 heavy (non-hydrogen) atoms. The van der Waals surface area contributed by atoms with Crippen LogP contribution in [0.4, 0.5) is 14.6 Å². The third-order valence-corrected chi connectivity index (χ3v) is 3.98. The standard InChI is InChI=1S/C16H17F2N3O2/c1-16(2)9-21-13(20(16)3)7-12(19-15(21)22)23-8-10-5-4-6-11(17)14(10)18/h4-7H,8-9H2,1-3H3/i8D2. The zero-order chi connectivity index (χ0) is 18.6. The molecule has 0 unspecified atom stereocenters. The minimum absolute atomic E-state index is 0.297. The number of ether oxygens (including phenoxy) is 1. The molecule has 0 spiro atoms. The summed E-state index contributed by atoms with van der Waals surface area (Å²) in [5.74, 6) is -2.32. The average Bonchev–Trinajstić information content (AvgIpc) is 2.73. The molecule has 3 rings (SSSR count). The van der Waals surface area contributed by atoms with E-state index in [4.69, 9.17) is 7.48 Å². The molecular formula is C16H17F2N3O2. The van der Waals surface area contributed by atoms with E-state index in [9.17, 15) is 13.6 Å². The Labute approximate surface area is 134 Å². The van der Waals surface area contributed by atoms with Crippen molar-refractivity contribution in [1.82, 2.24) is 9.55 Å². The van der Waals surface area contributed by atoms with Gasteiger partial charge in [0.25, 0.3) is 0 Å². The summed E-state index contributed by atoms with van der Waals surface area (Å²) in [6.07, 6.45) is 0. The van der Waals surface area contributed by atoms with Crippen LogP contribution in [0.1, 0.15) is 22.2 Å². The van der Waals surface area contributed by atoms with Crippen molar-refractivity contribution in [3.8, 4) is 5.88 Å². The molecule has 2 aromatic rings. The van der Waals surface area contributed by atoms with Crippen molar-refractivity contribution in [2.75, 3.05) is 11.9 Å². The molecule has 122 valence electrons. The second-order valence-electron chi connectivity index (χ2n) is 6.00. The van der Waals surface area contributed by atoms with Crippen LogP contribution >= 0.6 is 0 Å². The van der Waals surface area contributed by atoms with E-state index in [1.54, 1.807) is 7.05 Å². The lowest BCUT2D eigenvalue weighted by Crippen LogP contribution is -2.38. The minimum Gasteiger partial charge on any atom is -0.472 e. The van der Waals surface area contributed by atoms with Crippen molar-refractivity contribution < 1.29 is 16.3 Å². The quantitative estimate of drug-likeness (QED) is 0.870. The van der Waals surface area contributed by atoms with Gasteiger partial charge < -0.3 is 9.64 Å². The van der Waals surface area contributed by atoms with Gasteiger partial charge in [-0.2, -0.15) is 4.98 Å². The molecule has 0 amide bonds. The van der Waals surface area contributed by atoms with Crippen LogP contribution in [0, 0.1) is 11.6 Å². The Bertz CT molecular complexity index is 899. The summed E-state index contributed by atoms with van der Waals surface area (Å²) in [5.41, 5.74) is -1.52. The highest BCUT2D eigenvalue weighted by molar-refractivity contribution is 5.47. The van der Waals surface area contributed by atoms with Crippen LogP contribution in [0.3, 0.4) is 0 Å². The molecule has 1 aliphatic heterocycles. The average molecular weight is 323 g/mol. The van der Waals surface area contributed by atoms with Crippen LogP contribution in [0.15, 0.2) is 29.1 Å². The van der Waals surface area contributed by atoms with Crippen molar-refractivity contribution in [2.45, 2.75) is 32.5 Å². The first kappa shape index (κ1) is 13.0. The lowest BCUT2D eigenvalue weighted by Gasteiger charge is -2.28. The molecule has 0 fully saturated rings. The van der Waals surface area contributed by atoms with E-state index in [1.165, 1.54) is 16.7 Å². The van der Waals surface area contributed by atoms with Gasteiger partial charge in [0.15, 0.2) is 11.6 Å². The van der Waals surface area contributed by atoms with Crippen molar-refractivity contribution in [1.29, 1.82) is 0 Å². The highest BCUT2D eigenvalue weighted by Gasteiger charge is 2.34. The molecule has 7 heteroatoms. The summed E-state index contributed by atoms with van der Waals surface area (Å²) in [7, 11) is 1.79. The van der Waals surface area contributed by atoms with Crippen LogP contribution in [0.2, 0.25) is 0 Å². The molecule has 5 nitrogen and oxygen atoms in total. The van der Waals surface area contributed by atoms with Gasteiger partial charge in [0.2, 0.25) is 5.88 Å². The van der Waals surface area contributed by atoms with Crippen molar-refractivity contribution in [3.05, 3.63) is 51.9 Å². The van der Waals surface area contributed by atoms with Gasteiger partial charge in [0.1, 0.15) is 12.4 Å². The Morgan fingerprint density at radius 3 is 2.91 bits per heavy atom. The van der Waals surface area contributed by atoms with E-state index in [0.29, 0.717) is 12.4 Å². The van der Waals surface area contributed by atoms with E-state index in [-0.39, 0.29) is 11.4 Å². The molecule has 1 aromatic heterocycles. The summed E-state index contributed by atoms with van der Waals surface area (Å²) in [4.78, 5) is 17.8. The third kappa shape index (κ3) is 2.67. The largest absolute Gasteiger partial charge is 0.472 e. The number of fused-ring (bicyclic) bond motifs is 1. The summed E-state index contributed by atoms with van der Waals surface area (Å²) in [6, 6.07) is 4.54. The van der Waals surface area contributed by atoms with E-state index < -0.39 is 29.4 Å². The number of aromatic nitrogens is 2. The van der Waals surface area contributed by atoms with E-state index in [0.717, 1.165) is 12.1 Å². The molecular weight excluding hydrogens is 304 g/mol. The topological polar surface area (TPSA) is 47.4 Å². The van der Waals surface area contributed by atoms with Gasteiger partial charge in [0, 0.05) is 18.7 Å². The second kappa shape index (κ2) is 5.33. The molecule has 0 atom stereocenters. The third-order valence-electron chi connectivity index (χ3n) is 3.98. The highest BCUT2D eigenvalue weighted by atomic mass is 19.2. The molecule has 0 saturated heterocycles. The molecule has 0 bridgehead atoms. The van der Waals surface area contributed by atoms with Crippen molar-refractivity contribution in [3.63, 3.8) is 0 Å². The van der Waals surface area contributed by atoms with E-state index >= 15 is 0 Å². The number of nitrogens with zero attached hydrogens (tertiary/aromatic N) is 3. The molecule has 1 aliphatic rings.